The smallest absolute Gasteiger partial charge is 0.219 e. The van der Waals surface area contributed by atoms with Crippen molar-refractivity contribution in [3.63, 3.8) is 0 Å². The fraction of sp³-hybridized carbons (Fsp3) is 0.0625. The van der Waals surface area contributed by atoms with Crippen LogP contribution < -0.4 is 4.57 Å². The molecular formula is C32H20FN2O2+. The number of pyridine rings is 1. The van der Waals surface area contributed by atoms with Crippen LogP contribution in [0, 0.1) is 24.1 Å². The Hall–Kier alpha value is -4.95. The molecule has 0 N–H and O–H groups in total. The molecule has 7 aromatic rings. The summed E-state index contributed by atoms with van der Waals surface area (Å²) in [6.07, 6.45) is -0.345. The summed E-state index contributed by atoms with van der Waals surface area (Å²) in [5, 5.41) is 13.5. The normalized spacial score (nSPS) is 12.8. The number of para-hydroxylation sites is 1. The maximum absolute atomic E-state index is 14.9. The van der Waals surface area contributed by atoms with Gasteiger partial charge < -0.3 is 8.83 Å². The molecule has 37 heavy (non-hydrogen) atoms. The van der Waals surface area contributed by atoms with E-state index in [0.29, 0.717) is 33.4 Å². The minimum Gasteiger partial charge on any atom is -0.456 e. The van der Waals surface area contributed by atoms with E-state index in [-0.39, 0.29) is 11.9 Å². The standard InChI is InChI=1S/C32H20FN2O2/c1-18-7-10-24-25-12-9-20(17-34)30(19-8-11-23-22-5-3-4-6-27(22)36-28(23)15-19)32(25)37-31(24)29(18)26-16-21(33)13-14-35(26)2/h3-16H,1-2H3/q+1/i13D,14D,16D. The Labute approximate surface area is 215 Å². The third-order valence-electron chi connectivity index (χ3n) is 6.94. The number of hydrogen-bond donors (Lipinski definition) is 0. The SMILES string of the molecule is [2H]c1c(F)c([2H])c(-c2c(C)ccc3c2oc2c(-c4ccc5c(c4)oc4ccccc45)c(C#N)ccc23)[n+](C)c1[2H]. The van der Waals surface area contributed by atoms with Crippen LogP contribution in [0.1, 0.15) is 15.2 Å². The van der Waals surface area contributed by atoms with Crippen molar-refractivity contribution in [3.05, 3.63) is 102 Å². The number of benzene rings is 4. The predicted molar refractivity (Wildman–Crippen MR) is 142 cm³/mol. The van der Waals surface area contributed by atoms with Gasteiger partial charge in [-0.1, -0.05) is 36.4 Å². The van der Waals surface area contributed by atoms with Crippen molar-refractivity contribution in [1.29, 1.82) is 5.26 Å². The first-order chi connectivity index (χ1) is 19.3. The molecule has 0 spiro atoms. The molecule has 3 heterocycles. The van der Waals surface area contributed by atoms with Crippen molar-refractivity contribution in [1.82, 2.24) is 0 Å². The highest BCUT2D eigenvalue weighted by molar-refractivity contribution is 6.14. The van der Waals surface area contributed by atoms with Crippen molar-refractivity contribution >= 4 is 43.9 Å². The Kier molecular flexibility index (Phi) is 3.85. The third-order valence-corrected chi connectivity index (χ3v) is 6.94. The first-order valence-corrected chi connectivity index (χ1v) is 11.8. The number of rotatable bonds is 2. The minimum atomic E-state index is -1.06. The number of nitrogens with zero attached hydrogens (tertiary/aromatic N) is 2. The summed E-state index contributed by atoms with van der Waals surface area (Å²) in [7, 11) is 1.54. The lowest BCUT2D eigenvalue weighted by Crippen LogP contribution is -2.30. The average molecular weight is 487 g/mol. The molecule has 0 bridgehead atoms. The summed E-state index contributed by atoms with van der Waals surface area (Å²) in [5.74, 6) is -1.06. The van der Waals surface area contributed by atoms with Crippen LogP contribution in [-0.2, 0) is 7.05 Å². The van der Waals surface area contributed by atoms with Gasteiger partial charge in [0.25, 0.3) is 0 Å². The highest BCUT2D eigenvalue weighted by atomic mass is 19.1. The molecule has 0 radical (unpaired) electrons. The number of furan rings is 2. The predicted octanol–water partition coefficient (Wildman–Crippen LogP) is 7.96. The van der Waals surface area contributed by atoms with Gasteiger partial charge in [-0.2, -0.15) is 5.26 Å². The van der Waals surface area contributed by atoms with Crippen molar-refractivity contribution in [2.75, 3.05) is 0 Å². The Bertz CT molecular complexity index is 2230. The zero-order valence-corrected chi connectivity index (χ0v) is 19.9. The van der Waals surface area contributed by atoms with Crippen LogP contribution in [-0.4, -0.2) is 0 Å². The molecule has 0 amide bonds. The fourth-order valence-electron chi connectivity index (χ4n) is 5.20. The lowest BCUT2D eigenvalue weighted by atomic mass is 9.95. The van der Waals surface area contributed by atoms with E-state index >= 15 is 0 Å². The Morgan fingerprint density at radius 2 is 1.59 bits per heavy atom. The number of hydrogen-bond acceptors (Lipinski definition) is 3. The second-order valence-electron chi connectivity index (χ2n) is 9.11. The lowest BCUT2D eigenvalue weighted by Gasteiger charge is -2.06. The lowest BCUT2D eigenvalue weighted by molar-refractivity contribution is -0.660. The summed E-state index contributed by atoms with van der Waals surface area (Å²) in [6, 6.07) is 22.1. The Morgan fingerprint density at radius 3 is 2.43 bits per heavy atom. The molecular weight excluding hydrogens is 463 g/mol. The van der Waals surface area contributed by atoms with E-state index in [4.69, 9.17) is 12.9 Å². The Balaban J connectivity index is 1.57. The van der Waals surface area contributed by atoms with Crippen LogP contribution in [0.5, 0.6) is 0 Å². The van der Waals surface area contributed by atoms with E-state index in [2.05, 4.69) is 6.07 Å². The third kappa shape index (κ3) is 3.09. The molecule has 4 aromatic carbocycles. The number of fused-ring (bicyclic) bond motifs is 6. The fourth-order valence-corrected chi connectivity index (χ4v) is 5.20. The van der Waals surface area contributed by atoms with Crippen molar-refractivity contribution in [2.45, 2.75) is 6.92 Å². The zero-order valence-electron chi connectivity index (χ0n) is 22.9. The molecule has 5 heteroatoms. The largest absolute Gasteiger partial charge is 0.456 e. The van der Waals surface area contributed by atoms with Crippen LogP contribution in [0.2, 0.25) is 0 Å². The van der Waals surface area contributed by atoms with Gasteiger partial charge in [-0.15, -0.1) is 0 Å². The Morgan fingerprint density at radius 1 is 0.865 bits per heavy atom. The van der Waals surface area contributed by atoms with Gasteiger partial charge in [0.15, 0.2) is 6.17 Å². The first-order valence-electron chi connectivity index (χ1n) is 13.3. The van der Waals surface area contributed by atoms with Gasteiger partial charge in [-0.05, 0) is 48.4 Å². The van der Waals surface area contributed by atoms with E-state index in [1.807, 2.05) is 67.6 Å². The van der Waals surface area contributed by atoms with Crippen LogP contribution in [0.4, 0.5) is 4.39 Å². The maximum Gasteiger partial charge on any atom is 0.219 e. The zero-order chi connectivity index (χ0) is 27.9. The second kappa shape index (κ2) is 7.78. The molecule has 0 atom stereocenters. The molecule has 0 aliphatic rings. The van der Waals surface area contributed by atoms with Gasteiger partial charge in [-0.3, -0.25) is 0 Å². The molecule has 3 aromatic heterocycles. The van der Waals surface area contributed by atoms with Crippen LogP contribution in [0.25, 0.3) is 66.3 Å². The second-order valence-corrected chi connectivity index (χ2v) is 9.11. The number of halogens is 1. The van der Waals surface area contributed by atoms with Crippen LogP contribution in [0.3, 0.4) is 0 Å². The van der Waals surface area contributed by atoms with Gasteiger partial charge in [0.1, 0.15) is 36.6 Å². The van der Waals surface area contributed by atoms with Gasteiger partial charge in [-0.25, -0.2) is 8.96 Å². The summed E-state index contributed by atoms with van der Waals surface area (Å²) in [6.45, 7) is 1.83. The van der Waals surface area contributed by atoms with E-state index in [1.165, 1.54) is 11.6 Å². The molecule has 0 unspecified atom stereocenters. The van der Waals surface area contributed by atoms with E-state index in [0.717, 1.165) is 38.3 Å². The minimum absolute atomic E-state index is 0.145. The topological polar surface area (TPSA) is 54.0 Å². The maximum atomic E-state index is 14.9. The molecule has 176 valence electrons. The molecule has 4 nitrogen and oxygen atoms in total. The number of aromatic nitrogens is 1. The van der Waals surface area contributed by atoms with Gasteiger partial charge in [0.05, 0.1) is 19.9 Å². The summed E-state index contributed by atoms with van der Waals surface area (Å²) in [4.78, 5) is 0. The molecule has 7 rings (SSSR count). The highest BCUT2D eigenvalue weighted by Gasteiger charge is 2.24. The van der Waals surface area contributed by atoms with Gasteiger partial charge in [0, 0.05) is 39.2 Å². The molecule has 0 saturated heterocycles. The van der Waals surface area contributed by atoms with Crippen molar-refractivity contribution in [3.8, 4) is 28.5 Å². The average Bonchev–Trinajstić information content (AvgIpc) is 3.53. The quantitative estimate of drug-likeness (QED) is 0.233. The number of aryl methyl sites for hydroxylation is 1. The van der Waals surface area contributed by atoms with Crippen molar-refractivity contribution < 1.29 is 21.9 Å². The monoisotopic (exact) mass is 486 g/mol. The van der Waals surface area contributed by atoms with E-state index < -0.39 is 17.9 Å². The summed E-state index contributed by atoms with van der Waals surface area (Å²) < 4.78 is 53.4. The first kappa shape index (κ1) is 18.3. The van der Waals surface area contributed by atoms with Crippen LogP contribution in [0.15, 0.2) is 93.8 Å². The van der Waals surface area contributed by atoms with Gasteiger partial charge in [0.2, 0.25) is 5.69 Å². The van der Waals surface area contributed by atoms with Gasteiger partial charge >= 0.3 is 0 Å². The molecule has 0 aliphatic carbocycles. The summed E-state index contributed by atoms with van der Waals surface area (Å²) in [5.41, 5.74) is 5.46. The molecule has 0 fully saturated rings. The van der Waals surface area contributed by atoms with E-state index in [9.17, 15) is 9.65 Å². The highest BCUT2D eigenvalue weighted by Crippen LogP contribution is 2.43. The van der Waals surface area contributed by atoms with Crippen molar-refractivity contribution in [2.24, 2.45) is 7.05 Å². The molecule has 0 aliphatic heterocycles. The molecule has 0 saturated carbocycles. The van der Waals surface area contributed by atoms with Crippen LogP contribution >= 0.6 is 0 Å². The summed E-state index contributed by atoms with van der Waals surface area (Å²) >= 11 is 0. The van der Waals surface area contributed by atoms with E-state index in [1.54, 1.807) is 6.07 Å². The number of nitriles is 1.